The number of nitrogens with zero attached hydrogens (tertiary/aromatic N) is 4. The zero-order valence-electron chi connectivity index (χ0n) is 20.0. The van der Waals surface area contributed by atoms with E-state index in [1.54, 1.807) is 19.3 Å². The Hall–Kier alpha value is -3.71. The summed E-state index contributed by atoms with van der Waals surface area (Å²) in [5.41, 5.74) is 3.88. The Balaban J connectivity index is 1.43. The number of ether oxygens (including phenoxy) is 2. The molecular weight excluding hydrogens is 428 g/mol. The molecule has 7 heteroatoms. The summed E-state index contributed by atoms with van der Waals surface area (Å²) in [5, 5.41) is 0. The normalized spacial score (nSPS) is 12.6. The summed E-state index contributed by atoms with van der Waals surface area (Å²) in [4.78, 5) is 24.6. The van der Waals surface area contributed by atoms with E-state index in [1.165, 1.54) is 0 Å². The van der Waals surface area contributed by atoms with Crippen molar-refractivity contribution in [2.24, 2.45) is 0 Å². The predicted octanol–water partition coefficient (Wildman–Crippen LogP) is 4.48. The molecule has 176 valence electrons. The number of carbonyl (C=O) groups is 1. The van der Waals surface area contributed by atoms with Crippen molar-refractivity contribution in [1.82, 2.24) is 14.9 Å². The fourth-order valence-corrected chi connectivity index (χ4v) is 3.85. The van der Waals surface area contributed by atoms with Crippen molar-refractivity contribution in [1.29, 1.82) is 0 Å². The minimum Gasteiger partial charge on any atom is -0.490 e. The second-order valence-corrected chi connectivity index (χ2v) is 8.71. The first kappa shape index (κ1) is 23.4. The first-order valence-electron chi connectivity index (χ1n) is 11.3. The van der Waals surface area contributed by atoms with Crippen LogP contribution in [0.25, 0.3) is 11.4 Å². The van der Waals surface area contributed by atoms with Gasteiger partial charge in [0.05, 0.1) is 31.2 Å². The largest absolute Gasteiger partial charge is 0.490 e. The van der Waals surface area contributed by atoms with Gasteiger partial charge in [-0.3, -0.25) is 4.79 Å². The number of anilines is 1. The first-order chi connectivity index (χ1) is 16.4. The highest BCUT2D eigenvalue weighted by Gasteiger charge is 2.25. The van der Waals surface area contributed by atoms with Gasteiger partial charge in [-0.05, 0) is 63.3 Å². The molecule has 4 rings (SSSR count). The van der Waals surface area contributed by atoms with Gasteiger partial charge in [0, 0.05) is 18.5 Å². The van der Waals surface area contributed by atoms with Crippen LogP contribution in [0, 0.1) is 0 Å². The number of Topliss-reactive ketones (excluding diaryl/α,β-unsaturated/α-hetero) is 1. The molecule has 0 amide bonds. The molecule has 1 aliphatic rings. The van der Waals surface area contributed by atoms with Crippen molar-refractivity contribution in [3.8, 4) is 22.9 Å². The fourth-order valence-electron chi connectivity index (χ4n) is 3.85. The molecule has 2 heterocycles. The average Bonchev–Trinajstić information content (AvgIpc) is 3.11. The number of ketones is 1. The van der Waals surface area contributed by atoms with Gasteiger partial charge in [-0.1, -0.05) is 24.3 Å². The van der Waals surface area contributed by atoms with Crippen LogP contribution in [0.3, 0.4) is 0 Å². The molecule has 0 radical (unpaired) electrons. The highest BCUT2D eigenvalue weighted by Crippen LogP contribution is 2.40. The van der Waals surface area contributed by atoms with E-state index in [9.17, 15) is 4.79 Å². The minimum atomic E-state index is 0.122. The molecule has 0 N–H and O–H groups in total. The molecule has 0 bridgehead atoms. The van der Waals surface area contributed by atoms with E-state index in [0.717, 1.165) is 41.1 Å². The van der Waals surface area contributed by atoms with Crippen LogP contribution in [0.5, 0.6) is 11.5 Å². The van der Waals surface area contributed by atoms with Gasteiger partial charge in [-0.2, -0.15) is 0 Å². The molecule has 7 nitrogen and oxygen atoms in total. The number of benzene rings is 2. The lowest BCUT2D eigenvalue weighted by Crippen LogP contribution is -2.18. The quantitative estimate of drug-likeness (QED) is 0.415. The van der Waals surface area contributed by atoms with Gasteiger partial charge < -0.3 is 19.3 Å². The topological polar surface area (TPSA) is 67.8 Å². The van der Waals surface area contributed by atoms with Crippen molar-refractivity contribution in [2.45, 2.75) is 26.3 Å². The van der Waals surface area contributed by atoms with Gasteiger partial charge in [0.2, 0.25) is 0 Å². The Kier molecular flexibility index (Phi) is 7.23. The van der Waals surface area contributed by atoms with Crippen molar-refractivity contribution in [3.05, 3.63) is 78.4 Å². The number of fused-ring (bicyclic) bond motifs is 1. The Labute approximate surface area is 200 Å². The molecule has 0 spiro atoms. The third kappa shape index (κ3) is 5.80. The van der Waals surface area contributed by atoms with Crippen molar-refractivity contribution < 1.29 is 14.3 Å². The number of aromatic nitrogens is 2. The summed E-state index contributed by atoms with van der Waals surface area (Å²) >= 11 is 0. The standard InChI is InChI=1S/C27H30N4O3/c1-19(32)13-21-9-10-25-26(15-21)34-20(2)31(25)18-22-7-5-8-23(14-22)27-28-16-24(17-29-27)33-12-6-11-30(3)4/h5,7-10,14-17H,2,6,11-13,18H2,1,3-4H3. The molecule has 1 aromatic heterocycles. The number of hydrogen-bond donors (Lipinski definition) is 0. The predicted molar refractivity (Wildman–Crippen MR) is 133 cm³/mol. The van der Waals surface area contributed by atoms with Crippen LogP contribution in [0.1, 0.15) is 24.5 Å². The lowest BCUT2D eigenvalue weighted by atomic mass is 10.1. The zero-order chi connectivity index (χ0) is 24.1. The molecule has 0 fully saturated rings. The van der Waals surface area contributed by atoms with E-state index in [4.69, 9.17) is 9.47 Å². The van der Waals surface area contributed by atoms with Crippen LogP contribution in [0.4, 0.5) is 5.69 Å². The molecule has 1 aliphatic heterocycles. The number of carbonyl (C=O) groups excluding carboxylic acids is 1. The maximum absolute atomic E-state index is 11.4. The van der Waals surface area contributed by atoms with Crippen molar-refractivity contribution >= 4 is 11.5 Å². The lowest BCUT2D eigenvalue weighted by molar-refractivity contribution is -0.116. The third-order valence-electron chi connectivity index (χ3n) is 5.47. The zero-order valence-corrected chi connectivity index (χ0v) is 20.0. The first-order valence-corrected chi connectivity index (χ1v) is 11.3. The molecule has 0 atom stereocenters. The minimum absolute atomic E-state index is 0.122. The Morgan fingerprint density at radius 2 is 1.91 bits per heavy atom. The van der Waals surface area contributed by atoms with Crippen LogP contribution < -0.4 is 14.4 Å². The fraction of sp³-hybridized carbons (Fsp3) is 0.296. The summed E-state index contributed by atoms with van der Waals surface area (Å²) < 4.78 is 11.6. The highest BCUT2D eigenvalue weighted by molar-refractivity contribution is 5.79. The van der Waals surface area contributed by atoms with Crippen LogP contribution in [0.15, 0.2) is 67.3 Å². The average molecular weight is 459 g/mol. The molecule has 0 saturated carbocycles. The van der Waals surface area contributed by atoms with E-state index in [-0.39, 0.29) is 5.78 Å². The van der Waals surface area contributed by atoms with Gasteiger partial charge in [0.15, 0.2) is 23.2 Å². The molecule has 34 heavy (non-hydrogen) atoms. The van der Waals surface area contributed by atoms with E-state index in [2.05, 4.69) is 33.6 Å². The smallest absolute Gasteiger partial charge is 0.193 e. The van der Waals surface area contributed by atoms with Crippen molar-refractivity contribution in [2.75, 3.05) is 32.1 Å². The van der Waals surface area contributed by atoms with Crippen LogP contribution >= 0.6 is 0 Å². The molecular formula is C27H30N4O3. The van der Waals surface area contributed by atoms with Crippen LogP contribution in [-0.4, -0.2) is 47.9 Å². The summed E-state index contributed by atoms with van der Waals surface area (Å²) in [6.45, 7) is 7.86. The molecule has 0 aliphatic carbocycles. The monoisotopic (exact) mass is 458 g/mol. The molecule has 0 saturated heterocycles. The van der Waals surface area contributed by atoms with E-state index in [0.29, 0.717) is 37.0 Å². The Bertz CT molecular complexity index is 1170. The summed E-state index contributed by atoms with van der Waals surface area (Å²) in [6, 6.07) is 14.0. The van der Waals surface area contributed by atoms with Gasteiger partial charge >= 0.3 is 0 Å². The maximum Gasteiger partial charge on any atom is 0.193 e. The van der Waals surface area contributed by atoms with Gasteiger partial charge in [0.1, 0.15) is 5.78 Å². The maximum atomic E-state index is 11.4. The van der Waals surface area contributed by atoms with E-state index < -0.39 is 0 Å². The molecule has 2 aromatic carbocycles. The highest BCUT2D eigenvalue weighted by atomic mass is 16.5. The lowest BCUT2D eigenvalue weighted by Gasteiger charge is -2.18. The number of hydrogen-bond acceptors (Lipinski definition) is 7. The van der Waals surface area contributed by atoms with Gasteiger partial charge in [-0.25, -0.2) is 9.97 Å². The van der Waals surface area contributed by atoms with E-state index >= 15 is 0 Å². The SMILES string of the molecule is C=C1Oc2cc(CC(C)=O)ccc2N1Cc1cccc(-c2ncc(OCCCN(C)C)cn2)c1. The number of rotatable bonds is 10. The van der Waals surface area contributed by atoms with Gasteiger partial charge in [-0.15, -0.1) is 0 Å². The second kappa shape index (κ2) is 10.5. The van der Waals surface area contributed by atoms with Gasteiger partial charge in [0.25, 0.3) is 0 Å². The van der Waals surface area contributed by atoms with E-state index in [1.807, 2.05) is 49.3 Å². The van der Waals surface area contributed by atoms with Crippen LogP contribution in [0.2, 0.25) is 0 Å². The summed E-state index contributed by atoms with van der Waals surface area (Å²) in [6.07, 6.45) is 4.78. The Morgan fingerprint density at radius 1 is 1.12 bits per heavy atom. The second-order valence-electron chi connectivity index (χ2n) is 8.71. The molecule has 3 aromatic rings. The van der Waals surface area contributed by atoms with Crippen molar-refractivity contribution in [3.63, 3.8) is 0 Å². The summed E-state index contributed by atoms with van der Waals surface area (Å²) in [5.74, 6) is 2.73. The Morgan fingerprint density at radius 3 is 2.65 bits per heavy atom. The summed E-state index contributed by atoms with van der Waals surface area (Å²) in [7, 11) is 4.09. The van der Waals surface area contributed by atoms with Crippen LogP contribution in [-0.2, 0) is 17.8 Å². The molecule has 0 unspecified atom stereocenters. The third-order valence-corrected chi connectivity index (χ3v) is 5.47.